The first-order valence-electron chi connectivity index (χ1n) is 11.9. The summed E-state index contributed by atoms with van der Waals surface area (Å²) in [6, 6.07) is 23.0. The van der Waals surface area contributed by atoms with Crippen molar-refractivity contribution >= 4 is 40.7 Å². The molecule has 7 nitrogen and oxygen atoms in total. The van der Waals surface area contributed by atoms with Crippen molar-refractivity contribution in [2.45, 2.75) is 19.4 Å². The van der Waals surface area contributed by atoms with Crippen LogP contribution in [-0.2, 0) is 0 Å². The summed E-state index contributed by atoms with van der Waals surface area (Å²) in [4.78, 5) is 17.1. The number of rotatable bonds is 4. The van der Waals surface area contributed by atoms with Gasteiger partial charge in [0.15, 0.2) is 5.82 Å². The van der Waals surface area contributed by atoms with Gasteiger partial charge in [-0.15, -0.1) is 22.6 Å². The van der Waals surface area contributed by atoms with E-state index in [-0.39, 0.29) is 30.3 Å². The molecule has 1 saturated heterocycles. The number of aromatic nitrogens is 2. The maximum Gasteiger partial charge on any atom is 0.322 e. The van der Waals surface area contributed by atoms with Crippen molar-refractivity contribution in [2.24, 2.45) is 0 Å². The normalized spacial score (nSPS) is 15.1. The average molecular weight is 517 g/mol. The standard InChI is InChI=1S/C28H25FN6O.ClH/c1-2-23-18-34(15-16-35(23)28(36)31-22-13-7-19(17-30)8-14-22)27-25-6-4-3-5-24(25)26(32-33-27)20-9-11-21(29)12-10-20;/h3-14,23H,2,15-16,18H2,1H3,(H,31,36);1H/t23-;/m0./s1. The van der Waals surface area contributed by atoms with Crippen LogP contribution in [0.4, 0.5) is 20.7 Å². The first-order chi connectivity index (χ1) is 17.6. The van der Waals surface area contributed by atoms with Crippen molar-refractivity contribution in [1.29, 1.82) is 5.26 Å². The van der Waals surface area contributed by atoms with Crippen LogP contribution in [0.3, 0.4) is 0 Å². The van der Waals surface area contributed by atoms with Crippen molar-refractivity contribution < 1.29 is 9.18 Å². The van der Waals surface area contributed by atoms with E-state index in [0.717, 1.165) is 28.6 Å². The lowest BCUT2D eigenvalue weighted by molar-refractivity contribution is 0.176. The molecule has 1 aliphatic heterocycles. The Morgan fingerprint density at radius 2 is 1.73 bits per heavy atom. The first-order valence-corrected chi connectivity index (χ1v) is 11.9. The number of nitrogens with zero attached hydrogens (tertiary/aromatic N) is 5. The second-order valence-electron chi connectivity index (χ2n) is 8.75. The number of fused-ring (bicyclic) bond motifs is 1. The number of benzene rings is 3. The van der Waals surface area contributed by atoms with Gasteiger partial charge in [0.1, 0.15) is 11.5 Å². The summed E-state index contributed by atoms with van der Waals surface area (Å²) in [6.45, 7) is 3.85. The van der Waals surface area contributed by atoms with Gasteiger partial charge in [-0.1, -0.05) is 31.2 Å². The molecule has 4 aromatic rings. The van der Waals surface area contributed by atoms with E-state index in [4.69, 9.17) is 5.26 Å². The molecule has 5 rings (SSSR count). The fourth-order valence-electron chi connectivity index (χ4n) is 4.63. The Morgan fingerprint density at radius 3 is 2.41 bits per heavy atom. The van der Waals surface area contributed by atoms with E-state index in [1.54, 1.807) is 36.4 Å². The van der Waals surface area contributed by atoms with E-state index in [1.807, 2.05) is 29.2 Å². The van der Waals surface area contributed by atoms with E-state index in [0.29, 0.717) is 36.6 Å². The van der Waals surface area contributed by atoms with Gasteiger partial charge in [0.25, 0.3) is 0 Å². The van der Waals surface area contributed by atoms with Crippen LogP contribution in [0.15, 0.2) is 72.8 Å². The fraction of sp³-hybridized carbons (Fsp3) is 0.214. The van der Waals surface area contributed by atoms with Gasteiger partial charge in [-0.05, 0) is 55.0 Å². The van der Waals surface area contributed by atoms with Crippen LogP contribution in [0.5, 0.6) is 0 Å². The number of nitrogens with one attached hydrogen (secondary N) is 1. The summed E-state index contributed by atoms with van der Waals surface area (Å²) >= 11 is 0. The molecule has 1 N–H and O–H groups in total. The lowest BCUT2D eigenvalue weighted by atomic mass is 10.0. The third kappa shape index (κ3) is 5.32. The number of urea groups is 1. The van der Waals surface area contributed by atoms with Crippen LogP contribution in [0.25, 0.3) is 22.0 Å². The minimum Gasteiger partial charge on any atom is -0.351 e. The zero-order chi connectivity index (χ0) is 25.1. The van der Waals surface area contributed by atoms with Crippen LogP contribution in [0.2, 0.25) is 0 Å². The zero-order valence-corrected chi connectivity index (χ0v) is 21.1. The van der Waals surface area contributed by atoms with E-state index >= 15 is 0 Å². The number of piperazine rings is 1. The summed E-state index contributed by atoms with van der Waals surface area (Å²) < 4.78 is 13.4. The Hall–Kier alpha value is -4.22. The molecule has 2 amide bonds. The van der Waals surface area contributed by atoms with Gasteiger partial charge in [-0.2, -0.15) is 5.26 Å². The Kier molecular flexibility index (Phi) is 7.85. The highest BCUT2D eigenvalue weighted by atomic mass is 35.5. The van der Waals surface area contributed by atoms with Crippen molar-refractivity contribution in [1.82, 2.24) is 15.1 Å². The Labute approximate surface area is 220 Å². The highest BCUT2D eigenvalue weighted by Gasteiger charge is 2.31. The van der Waals surface area contributed by atoms with Crippen LogP contribution in [-0.4, -0.2) is 46.8 Å². The molecule has 37 heavy (non-hydrogen) atoms. The van der Waals surface area contributed by atoms with Crippen LogP contribution in [0.1, 0.15) is 18.9 Å². The molecule has 0 aliphatic carbocycles. The lowest BCUT2D eigenvalue weighted by Gasteiger charge is -2.41. The van der Waals surface area contributed by atoms with E-state index in [9.17, 15) is 9.18 Å². The summed E-state index contributed by atoms with van der Waals surface area (Å²) in [5.74, 6) is 0.487. The molecule has 0 saturated carbocycles. The molecule has 9 heteroatoms. The molecule has 0 radical (unpaired) electrons. The van der Waals surface area contributed by atoms with Gasteiger partial charge in [0.05, 0.1) is 17.7 Å². The molecule has 0 bridgehead atoms. The molecule has 188 valence electrons. The van der Waals surface area contributed by atoms with Crippen molar-refractivity contribution in [3.8, 4) is 17.3 Å². The van der Waals surface area contributed by atoms with Gasteiger partial charge in [-0.25, -0.2) is 9.18 Å². The predicted octanol–water partition coefficient (Wildman–Crippen LogP) is 5.86. The molecular weight excluding hydrogens is 491 g/mol. The minimum atomic E-state index is -0.292. The molecule has 2 heterocycles. The summed E-state index contributed by atoms with van der Waals surface area (Å²) in [6.07, 6.45) is 0.788. The number of amides is 2. The van der Waals surface area contributed by atoms with Gasteiger partial charge >= 0.3 is 6.03 Å². The number of carbonyl (C=O) groups is 1. The third-order valence-corrected chi connectivity index (χ3v) is 6.57. The second kappa shape index (κ2) is 11.2. The minimum absolute atomic E-state index is 0. The Bertz CT molecular complexity index is 1440. The van der Waals surface area contributed by atoms with Crippen molar-refractivity contribution in [3.63, 3.8) is 0 Å². The van der Waals surface area contributed by atoms with Crippen molar-refractivity contribution in [2.75, 3.05) is 29.9 Å². The first kappa shape index (κ1) is 25.9. The van der Waals surface area contributed by atoms with Gasteiger partial charge in [0, 0.05) is 41.7 Å². The largest absolute Gasteiger partial charge is 0.351 e. The second-order valence-corrected chi connectivity index (χ2v) is 8.75. The predicted molar refractivity (Wildman–Crippen MR) is 145 cm³/mol. The van der Waals surface area contributed by atoms with Gasteiger partial charge < -0.3 is 15.1 Å². The number of nitriles is 1. The summed E-state index contributed by atoms with van der Waals surface area (Å²) in [7, 11) is 0. The maximum absolute atomic E-state index is 13.4. The van der Waals surface area contributed by atoms with Crippen LogP contribution < -0.4 is 10.2 Å². The molecule has 1 atom stereocenters. The molecule has 1 fully saturated rings. The van der Waals surface area contributed by atoms with Crippen LogP contribution in [0, 0.1) is 17.1 Å². The quantitative estimate of drug-likeness (QED) is 0.367. The monoisotopic (exact) mass is 516 g/mol. The van der Waals surface area contributed by atoms with Crippen LogP contribution >= 0.6 is 12.4 Å². The lowest BCUT2D eigenvalue weighted by Crippen LogP contribution is -2.56. The number of hydrogen-bond donors (Lipinski definition) is 1. The van der Waals surface area contributed by atoms with Gasteiger partial charge in [-0.3, -0.25) is 0 Å². The third-order valence-electron chi connectivity index (χ3n) is 6.57. The highest BCUT2D eigenvalue weighted by molar-refractivity contribution is 6.00. The number of carbonyl (C=O) groups excluding carboxylic acids is 1. The molecule has 3 aromatic carbocycles. The molecular formula is C28H26ClFN6O. The molecule has 0 spiro atoms. The number of halogens is 2. The average Bonchev–Trinajstić information content (AvgIpc) is 2.93. The Balaban J connectivity index is 0.00000320. The van der Waals surface area contributed by atoms with E-state index in [2.05, 4.69) is 33.4 Å². The maximum atomic E-state index is 13.4. The number of anilines is 2. The highest BCUT2D eigenvalue weighted by Crippen LogP contribution is 2.32. The van der Waals surface area contributed by atoms with Crippen molar-refractivity contribution in [3.05, 3.63) is 84.2 Å². The molecule has 1 aromatic heterocycles. The SMILES string of the molecule is CC[C@H]1CN(c2nnc(-c3ccc(F)cc3)c3ccccc23)CCN1C(=O)Nc1ccc(C#N)cc1.Cl. The fourth-order valence-corrected chi connectivity index (χ4v) is 4.63. The Morgan fingerprint density at radius 1 is 1.03 bits per heavy atom. The molecule has 1 aliphatic rings. The smallest absolute Gasteiger partial charge is 0.322 e. The van der Waals surface area contributed by atoms with E-state index < -0.39 is 0 Å². The van der Waals surface area contributed by atoms with E-state index in [1.165, 1.54) is 12.1 Å². The zero-order valence-electron chi connectivity index (χ0n) is 20.3. The summed E-state index contributed by atoms with van der Waals surface area (Å²) in [5.41, 5.74) is 2.72. The molecule has 0 unspecified atom stereocenters. The number of hydrogen-bond acceptors (Lipinski definition) is 5. The summed E-state index contributed by atoms with van der Waals surface area (Å²) in [5, 5.41) is 23.0. The van der Waals surface area contributed by atoms with Gasteiger partial charge in [0.2, 0.25) is 0 Å². The topological polar surface area (TPSA) is 85.2 Å².